The van der Waals surface area contributed by atoms with Gasteiger partial charge in [-0.15, -0.1) is 11.3 Å². The van der Waals surface area contributed by atoms with Crippen molar-refractivity contribution in [1.29, 1.82) is 5.26 Å². The summed E-state index contributed by atoms with van der Waals surface area (Å²) >= 11 is 1.23. The van der Waals surface area contributed by atoms with Crippen LogP contribution in [0.1, 0.15) is 10.6 Å². The van der Waals surface area contributed by atoms with E-state index in [4.69, 9.17) is 4.42 Å². The summed E-state index contributed by atoms with van der Waals surface area (Å²) in [6, 6.07) is 21.5. The maximum Gasteiger partial charge on any atom is 0.345 e. The zero-order chi connectivity index (χ0) is 22.9. The third kappa shape index (κ3) is 3.78. The summed E-state index contributed by atoms with van der Waals surface area (Å²) in [6.07, 6.45) is 1.77. The van der Waals surface area contributed by atoms with Crippen LogP contribution in [-0.4, -0.2) is 9.91 Å². The molecule has 0 saturated heterocycles. The normalized spacial score (nSPS) is 11.5. The molecule has 0 aliphatic rings. The fourth-order valence-electron chi connectivity index (χ4n) is 3.60. The Labute approximate surface area is 190 Å². The van der Waals surface area contributed by atoms with Gasteiger partial charge in [0, 0.05) is 22.9 Å². The van der Waals surface area contributed by atoms with E-state index in [9.17, 15) is 20.2 Å². The Morgan fingerprint density at radius 1 is 1.09 bits per heavy atom. The zero-order valence-corrected chi connectivity index (χ0v) is 17.7. The summed E-state index contributed by atoms with van der Waals surface area (Å²) in [6.45, 7) is 0. The number of nitro benzene ring substituents is 1. The van der Waals surface area contributed by atoms with E-state index >= 15 is 0 Å². The standard InChI is InChI=1S/C25H13N3O4S/c26-13-18(10-16-6-3-5-15-4-1-2-7-20(15)16)24-27-22(14-33-24)21-12-17-11-19(28(30)31)8-9-23(17)32-25(21)29/h1-12,14H/b18-10-. The number of nitro groups is 1. The van der Waals surface area contributed by atoms with E-state index in [1.807, 2.05) is 42.5 Å². The van der Waals surface area contributed by atoms with Crippen LogP contribution in [0.25, 0.3) is 44.6 Å². The van der Waals surface area contributed by atoms with Gasteiger partial charge < -0.3 is 4.42 Å². The van der Waals surface area contributed by atoms with Gasteiger partial charge in [0.1, 0.15) is 16.7 Å². The molecule has 0 fully saturated rings. The van der Waals surface area contributed by atoms with Gasteiger partial charge in [-0.1, -0.05) is 42.5 Å². The SMILES string of the molecule is N#C/C(=C/c1cccc2ccccc12)c1nc(-c2cc3cc([N+](=O)[O-])ccc3oc2=O)cs1. The number of fused-ring (bicyclic) bond motifs is 2. The fraction of sp³-hybridized carbons (Fsp3) is 0. The number of nitrogens with zero attached hydrogens (tertiary/aromatic N) is 3. The molecule has 0 atom stereocenters. The van der Waals surface area contributed by atoms with Gasteiger partial charge in [0.15, 0.2) is 0 Å². The molecule has 0 aliphatic heterocycles. The monoisotopic (exact) mass is 451 g/mol. The topological polar surface area (TPSA) is 110 Å². The average Bonchev–Trinajstić information content (AvgIpc) is 3.31. The number of allylic oxidation sites excluding steroid dienone is 1. The Morgan fingerprint density at radius 2 is 1.91 bits per heavy atom. The molecule has 5 rings (SSSR count). The zero-order valence-electron chi connectivity index (χ0n) is 16.9. The molecule has 0 bridgehead atoms. The van der Waals surface area contributed by atoms with Crippen LogP contribution < -0.4 is 5.63 Å². The van der Waals surface area contributed by atoms with Crippen LogP contribution >= 0.6 is 11.3 Å². The second-order valence-electron chi connectivity index (χ2n) is 7.20. The highest BCUT2D eigenvalue weighted by Crippen LogP contribution is 2.30. The Hall–Kier alpha value is -4.61. The van der Waals surface area contributed by atoms with Gasteiger partial charge in [0.2, 0.25) is 0 Å². The second kappa shape index (κ2) is 8.15. The van der Waals surface area contributed by atoms with E-state index in [1.165, 1.54) is 35.6 Å². The van der Waals surface area contributed by atoms with Gasteiger partial charge in [-0.3, -0.25) is 10.1 Å². The van der Waals surface area contributed by atoms with E-state index < -0.39 is 10.5 Å². The highest BCUT2D eigenvalue weighted by atomic mass is 32.1. The molecule has 0 amide bonds. The molecule has 0 radical (unpaired) electrons. The molecule has 33 heavy (non-hydrogen) atoms. The van der Waals surface area contributed by atoms with Crippen LogP contribution in [0.5, 0.6) is 0 Å². The Balaban J connectivity index is 1.58. The first-order chi connectivity index (χ1) is 16.0. The molecule has 3 aromatic carbocycles. The molecule has 158 valence electrons. The quantitative estimate of drug-likeness (QED) is 0.143. The highest BCUT2D eigenvalue weighted by molar-refractivity contribution is 7.11. The van der Waals surface area contributed by atoms with Gasteiger partial charge in [-0.05, 0) is 34.5 Å². The molecule has 7 nitrogen and oxygen atoms in total. The smallest absolute Gasteiger partial charge is 0.345 e. The van der Waals surface area contributed by atoms with Crippen LogP contribution in [0.3, 0.4) is 0 Å². The number of hydrogen-bond acceptors (Lipinski definition) is 7. The number of aromatic nitrogens is 1. The minimum absolute atomic E-state index is 0.106. The van der Waals surface area contributed by atoms with E-state index in [2.05, 4.69) is 11.1 Å². The van der Waals surface area contributed by atoms with Crippen LogP contribution in [-0.2, 0) is 0 Å². The Morgan fingerprint density at radius 3 is 2.73 bits per heavy atom. The van der Waals surface area contributed by atoms with Gasteiger partial charge in [0.05, 0.1) is 21.8 Å². The minimum atomic E-state index is -0.607. The number of rotatable bonds is 4. The number of nitriles is 1. The van der Waals surface area contributed by atoms with Crippen molar-refractivity contribution in [3.8, 4) is 17.3 Å². The Bertz CT molecular complexity index is 1690. The second-order valence-corrected chi connectivity index (χ2v) is 8.06. The van der Waals surface area contributed by atoms with E-state index in [0.717, 1.165) is 16.3 Å². The van der Waals surface area contributed by atoms with Crippen LogP contribution in [0.4, 0.5) is 5.69 Å². The molecule has 2 aromatic heterocycles. The molecule has 0 saturated carbocycles. The van der Waals surface area contributed by atoms with Crippen molar-refractivity contribution in [2.75, 3.05) is 0 Å². The molecular formula is C25H13N3O4S. The molecule has 8 heteroatoms. The highest BCUT2D eigenvalue weighted by Gasteiger charge is 2.16. The molecule has 0 aliphatic carbocycles. The summed E-state index contributed by atoms with van der Waals surface area (Å²) in [5, 5.41) is 25.5. The van der Waals surface area contributed by atoms with E-state index in [-0.39, 0.29) is 16.8 Å². The van der Waals surface area contributed by atoms with Crippen LogP contribution in [0.2, 0.25) is 0 Å². The lowest BCUT2D eigenvalue weighted by Crippen LogP contribution is -2.03. The summed E-state index contributed by atoms with van der Waals surface area (Å²) in [5.41, 5.74) is 1.31. The third-order valence-electron chi connectivity index (χ3n) is 5.18. The molecule has 0 spiro atoms. The van der Waals surface area contributed by atoms with Gasteiger partial charge in [0.25, 0.3) is 5.69 Å². The van der Waals surface area contributed by atoms with E-state index in [1.54, 1.807) is 11.5 Å². The van der Waals surface area contributed by atoms with Crippen LogP contribution in [0, 0.1) is 21.4 Å². The number of benzene rings is 3. The maximum atomic E-state index is 12.5. The van der Waals surface area contributed by atoms with Crippen molar-refractivity contribution in [3.05, 3.63) is 103 Å². The summed E-state index contributed by atoms with van der Waals surface area (Å²) in [4.78, 5) is 27.6. The summed E-state index contributed by atoms with van der Waals surface area (Å²) < 4.78 is 5.33. The lowest BCUT2D eigenvalue weighted by Gasteiger charge is -2.02. The van der Waals surface area contributed by atoms with Crippen molar-refractivity contribution in [3.63, 3.8) is 0 Å². The largest absolute Gasteiger partial charge is 0.422 e. The average molecular weight is 451 g/mol. The lowest BCUT2D eigenvalue weighted by atomic mass is 10.0. The van der Waals surface area contributed by atoms with Gasteiger partial charge in [-0.2, -0.15) is 5.26 Å². The maximum absolute atomic E-state index is 12.5. The first-order valence-electron chi connectivity index (χ1n) is 9.81. The predicted octanol–water partition coefficient (Wildman–Crippen LogP) is 6.04. The molecule has 2 heterocycles. The summed E-state index contributed by atoms with van der Waals surface area (Å²) in [7, 11) is 0. The molecule has 5 aromatic rings. The number of thiazole rings is 1. The third-order valence-corrected chi connectivity index (χ3v) is 6.06. The number of non-ortho nitro benzene ring substituents is 1. The van der Waals surface area contributed by atoms with Crippen molar-refractivity contribution < 1.29 is 9.34 Å². The van der Waals surface area contributed by atoms with E-state index in [0.29, 0.717) is 21.7 Å². The molecular weight excluding hydrogens is 438 g/mol. The first-order valence-corrected chi connectivity index (χ1v) is 10.7. The molecule has 0 unspecified atom stereocenters. The van der Waals surface area contributed by atoms with Crippen molar-refractivity contribution in [1.82, 2.24) is 4.98 Å². The summed E-state index contributed by atoms with van der Waals surface area (Å²) in [5.74, 6) is 0. The van der Waals surface area contributed by atoms with Crippen molar-refractivity contribution >= 4 is 50.4 Å². The number of hydrogen-bond donors (Lipinski definition) is 0. The predicted molar refractivity (Wildman–Crippen MR) is 128 cm³/mol. The van der Waals surface area contributed by atoms with Gasteiger partial charge >= 0.3 is 5.63 Å². The molecule has 0 N–H and O–H groups in total. The van der Waals surface area contributed by atoms with Crippen molar-refractivity contribution in [2.45, 2.75) is 0 Å². The first kappa shape index (κ1) is 20.3. The van der Waals surface area contributed by atoms with Gasteiger partial charge in [-0.25, -0.2) is 9.78 Å². The van der Waals surface area contributed by atoms with Crippen molar-refractivity contribution in [2.24, 2.45) is 0 Å². The Kier molecular flexibility index (Phi) is 5.01. The fourth-order valence-corrected chi connectivity index (χ4v) is 4.38. The minimum Gasteiger partial charge on any atom is -0.422 e. The van der Waals surface area contributed by atoms with Crippen LogP contribution in [0.15, 0.2) is 81.3 Å². The lowest BCUT2D eigenvalue weighted by molar-refractivity contribution is -0.384.